The van der Waals surface area contributed by atoms with Crippen molar-refractivity contribution in [2.24, 2.45) is 0 Å². The molecule has 5 nitrogen and oxygen atoms in total. The number of nitrogen functional groups attached to an aromatic ring is 1. The van der Waals surface area contributed by atoms with E-state index in [0.717, 1.165) is 11.3 Å². The van der Waals surface area contributed by atoms with E-state index >= 15 is 0 Å². The minimum Gasteiger partial charge on any atom is -0.382 e. The third-order valence-corrected chi connectivity index (χ3v) is 3.40. The van der Waals surface area contributed by atoms with Crippen LogP contribution < -0.4 is 11.1 Å². The first-order valence-corrected chi connectivity index (χ1v) is 6.65. The first kappa shape index (κ1) is 11.7. The lowest BCUT2D eigenvalue weighted by Crippen LogP contribution is -2.01. The number of nitrogens with zero attached hydrogens (tertiary/aromatic N) is 3. The third kappa shape index (κ3) is 2.04. The van der Waals surface area contributed by atoms with Gasteiger partial charge in [-0.2, -0.15) is 0 Å². The summed E-state index contributed by atoms with van der Waals surface area (Å²) in [5.41, 5.74) is 7.53. The summed E-state index contributed by atoms with van der Waals surface area (Å²) >= 11 is 0. The van der Waals surface area contributed by atoms with Gasteiger partial charge >= 0.3 is 0 Å². The summed E-state index contributed by atoms with van der Waals surface area (Å²) in [5.74, 6) is 1.10. The van der Waals surface area contributed by atoms with Crippen molar-refractivity contribution in [3.8, 4) is 0 Å². The van der Waals surface area contributed by atoms with Crippen molar-refractivity contribution in [1.29, 1.82) is 0 Å². The molecule has 2 aromatic carbocycles. The van der Waals surface area contributed by atoms with Gasteiger partial charge in [0, 0.05) is 18.1 Å². The normalized spacial score (nSPS) is 11.0. The molecule has 3 N–H and O–H groups in total. The monoisotopic (exact) mass is 275 g/mol. The molecule has 0 aliphatic carbocycles. The summed E-state index contributed by atoms with van der Waals surface area (Å²) in [6.45, 7) is 0. The maximum absolute atomic E-state index is 5.83. The van der Waals surface area contributed by atoms with Gasteiger partial charge in [-0.05, 0) is 22.9 Å². The number of hydrogen-bond acceptors (Lipinski definition) is 4. The van der Waals surface area contributed by atoms with E-state index in [4.69, 9.17) is 5.73 Å². The summed E-state index contributed by atoms with van der Waals surface area (Å²) in [7, 11) is 0. The Balaban J connectivity index is 1.80. The predicted octanol–water partition coefficient (Wildman–Crippen LogP) is 3.21. The Kier molecular flexibility index (Phi) is 2.50. The molecule has 2 heterocycles. The lowest BCUT2D eigenvalue weighted by Gasteiger charge is -2.09. The number of anilines is 3. The smallest absolute Gasteiger partial charge is 0.180 e. The van der Waals surface area contributed by atoms with Crippen LogP contribution in [0.3, 0.4) is 0 Å². The highest BCUT2D eigenvalue weighted by atomic mass is 15.1. The SMILES string of the molecule is Nc1cn2ccnc2c(Nc2ccc3ccccc3c2)n1. The van der Waals surface area contributed by atoms with Gasteiger partial charge in [-0.3, -0.25) is 0 Å². The Labute approximate surface area is 121 Å². The fourth-order valence-electron chi connectivity index (χ4n) is 2.44. The molecule has 0 radical (unpaired) electrons. The van der Waals surface area contributed by atoms with Crippen molar-refractivity contribution in [3.63, 3.8) is 0 Å². The van der Waals surface area contributed by atoms with Crippen LogP contribution in [0, 0.1) is 0 Å². The number of nitrogens with one attached hydrogen (secondary N) is 1. The Morgan fingerprint density at radius 1 is 1.05 bits per heavy atom. The van der Waals surface area contributed by atoms with E-state index in [1.165, 1.54) is 10.8 Å². The molecule has 5 heteroatoms. The standard InChI is InChI=1S/C16H13N5/c17-14-10-21-8-7-18-16(21)15(20-14)19-13-6-5-11-3-1-2-4-12(11)9-13/h1-10H,17H2,(H,19,20). The molecule has 0 bridgehead atoms. The van der Waals surface area contributed by atoms with E-state index in [0.29, 0.717) is 11.6 Å². The minimum absolute atomic E-state index is 0.448. The molecule has 0 aliphatic heterocycles. The predicted molar refractivity (Wildman–Crippen MR) is 84.6 cm³/mol. The summed E-state index contributed by atoms with van der Waals surface area (Å²) in [6, 6.07) is 14.4. The van der Waals surface area contributed by atoms with Crippen LogP contribution in [0.5, 0.6) is 0 Å². The molecule has 4 rings (SSSR count). The molecular formula is C16H13N5. The molecule has 0 amide bonds. The molecular weight excluding hydrogens is 262 g/mol. The van der Waals surface area contributed by atoms with Gasteiger partial charge in [-0.1, -0.05) is 30.3 Å². The molecule has 0 unspecified atom stereocenters. The van der Waals surface area contributed by atoms with E-state index in [9.17, 15) is 0 Å². The van der Waals surface area contributed by atoms with Gasteiger partial charge < -0.3 is 15.5 Å². The average Bonchev–Trinajstić information content (AvgIpc) is 2.95. The maximum Gasteiger partial charge on any atom is 0.180 e. The zero-order valence-electron chi connectivity index (χ0n) is 11.2. The minimum atomic E-state index is 0.448. The lowest BCUT2D eigenvalue weighted by atomic mass is 10.1. The summed E-state index contributed by atoms with van der Waals surface area (Å²) in [5, 5.41) is 5.67. The molecule has 0 atom stereocenters. The maximum atomic E-state index is 5.83. The van der Waals surface area contributed by atoms with Gasteiger partial charge in [0.25, 0.3) is 0 Å². The quantitative estimate of drug-likeness (QED) is 0.589. The molecule has 0 saturated carbocycles. The largest absolute Gasteiger partial charge is 0.382 e. The zero-order valence-corrected chi connectivity index (χ0v) is 11.2. The second kappa shape index (κ2) is 4.49. The number of benzene rings is 2. The van der Waals surface area contributed by atoms with Crippen LogP contribution in [-0.2, 0) is 0 Å². The number of rotatable bonds is 2. The van der Waals surface area contributed by atoms with Crippen molar-refractivity contribution in [2.45, 2.75) is 0 Å². The number of fused-ring (bicyclic) bond motifs is 2. The first-order chi connectivity index (χ1) is 10.3. The van der Waals surface area contributed by atoms with Crippen LogP contribution in [0.1, 0.15) is 0 Å². The van der Waals surface area contributed by atoms with Gasteiger partial charge in [0.05, 0.1) is 6.20 Å². The average molecular weight is 275 g/mol. The summed E-state index contributed by atoms with van der Waals surface area (Å²) in [6.07, 6.45) is 5.31. The number of hydrogen-bond donors (Lipinski definition) is 2. The van der Waals surface area contributed by atoms with Gasteiger partial charge in [0.15, 0.2) is 11.5 Å². The third-order valence-electron chi connectivity index (χ3n) is 3.40. The van der Waals surface area contributed by atoms with Crippen LogP contribution in [0.25, 0.3) is 16.4 Å². The molecule has 0 fully saturated rings. The fourth-order valence-corrected chi connectivity index (χ4v) is 2.44. The fraction of sp³-hybridized carbons (Fsp3) is 0. The van der Waals surface area contributed by atoms with Gasteiger partial charge in [-0.25, -0.2) is 9.97 Å². The van der Waals surface area contributed by atoms with Gasteiger partial charge in [-0.15, -0.1) is 0 Å². The molecule has 4 aromatic rings. The first-order valence-electron chi connectivity index (χ1n) is 6.65. The van der Waals surface area contributed by atoms with Crippen LogP contribution in [0.15, 0.2) is 61.1 Å². The van der Waals surface area contributed by atoms with Crippen molar-refractivity contribution >= 4 is 33.7 Å². The van der Waals surface area contributed by atoms with E-state index in [-0.39, 0.29) is 0 Å². The highest BCUT2D eigenvalue weighted by Gasteiger charge is 2.06. The Morgan fingerprint density at radius 3 is 2.81 bits per heavy atom. The second-order valence-corrected chi connectivity index (χ2v) is 4.86. The molecule has 2 aromatic heterocycles. The molecule has 21 heavy (non-hydrogen) atoms. The van der Waals surface area contributed by atoms with E-state index in [1.807, 2.05) is 28.8 Å². The van der Waals surface area contributed by atoms with E-state index in [1.54, 1.807) is 12.4 Å². The number of aromatic nitrogens is 3. The van der Waals surface area contributed by atoms with Crippen molar-refractivity contribution in [3.05, 3.63) is 61.1 Å². The zero-order chi connectivity index (χ0) is 14.2. The van der Waals surface area contributed by atoms with Gasteiger partial charge in [0.1, 0.15) is 5.82 Å². The number of nitrogens with two attached hydrogens (primary N) is 1. The summed E-state index contributed by atoms with van der Waals surface area (Å²) in [4.78, 5) is 8.63. The van der Waals surface area contributed by atoms with Crippen molar-refractivity contribution in [2.75, 3.05) is 11.1 Å². The topological polar surface area (TPSA) is 68.2 Å². The van der Waals surface area contributed by atoms with Crippen LogP contribution in [0.2, 0.25) is 0 Å². The van der Waals surface area contributed by atoms with Crippen LogP contribution >= 0.6 is 0 Å². The number of imidazole rings is 1. The Hall–Kier alpha value is -3.08. The lowest BCUT2D eigenvalue weighted by molar-refractivity contribution is 1.14. The highest BCUT2D eigenvalue weighted by molar-refractivity contribution is 5.87. The molecule has 0 aliphatic rings. The second-order valence-electron chi connectivity index (χ2n) is 4.86. The Bertz CT molecular complexity index is 942. The van der Waals surface area contributed by atoms with Crippen LogP contribution in [-0.4, -0.2) is 14.4 Å². The van der Waals surface area contributed by atoms with E-state index in [2.05, 4.69) is 39.6 Å². The summed E-state index contributed by atoms with van der Waals surface area (Å²) < 4.78 is 1.85. The molecule has 102 valence electrons. The highest BCUT2D eigenvalue weighted by Crippen LogP contribution is 2.23. The van der Waals surface area contributed by atoms with Crippen molar-refractivity contribution < 1.29 is 0 Å². The van der Waals surface area contributed by atoms with Gasteiger partial charge in [0.2, 0.25) is 0 Å². The molecule has 0 spiro atoms. The molecule has 0 saturated heterocycles. The Morgan fingerprint density at radius 2 is 1.90 bits per heavy atom. The van der Waals surface area contributed by atoms with Crippen LogP contribution in [0.4, 0.5) is 17.3 Å². The van der Waals surface area contributed by atoms with Crippen molar-refractivity contribution in [1.82, 2.24) is 14.4 Å². The van der Waals surface area contributed by atoms with E-state index < -0.39 is 0 Å².